The van der Waals surface area contributed by atoms with Gasteiger partial charge in [-0.1, -0.05) is 13.8 Å². The Morgan fingerprint density at radius 1 is 1.11 bits per heavy atom. The zero-order valence-electron chi connectivity index (χ0n) is 6.05. The van der Waals surface area contributed by atoms with E-state index in [4.69, 9.17) is 0 Å². The quantitative estimate of drug-likeness (QED) is 0.555. The minimum absolute atomic E-state index is 0.267. The molecule has 0 aliphatic carbocycles. The van der Waals surface area contributed by atoms with Crippen molar-refractivity contribution in [3.63, 3.8) is 0 Å². The van der Waals surface area contributed by atoms with Crippen LogP contribution in [-0.2, 0) is 9.84 Å². The Morgan fingerprint density at radius 2 is 1.33 bits per heavy atom. The third-order valence-electron chi connectivity index (χ3n) is 0.880. The van der Waals surface area contributed by atoms with E-state index in [-0.39, 0.29) is 11.5 Å². The fraction of sp³-hybridized carbons (Fsp3) is 0.667. The maximum atomic E-state index is 10.4. The third-order valence-corrected chi connectivity index (χ3v) is 2.64. The van der Waals surface area contributed by atoms with Crippen molar-refractivity contribution in [1.29, 1.82) is 0 Å². The molecule has 0 saturated heterocycles. The molecule has 0 radical (unpaired) electrons. The standard InChI is InChI=1S/C4H10O2S.C2H4/c1-3-7(5,6)4-2;1-2/h3-4H2,1-2H3;1-2H2. The monoisotopic (exact) mass is 150 g/mol. The van der Waals surface area contributed by atoms with E-state index >= 15 is 0 Å². The predicted molar refractivity (Wildman–Crippen MR) is 41.3 cm³/mol. The van der Waals surface area contributed by atoms with E-state index in [0.29, 0.717) is 0 Å². The molecule has 0 aliphatic heterocycles. The van der Waals surface area contributed by atoms with E-state index in [1.165, 1.54) is 0 Å². The Labute approximate surface area is 57.5 Å². The van der Waals surface area contributed by atoms with Crippen molar-refractivity contribution in [1.82, 2.24) is 0 Å². The molecule has 0 fully saturated rings. The van der Waals surface area contributed by atoms with E-state index in [1.54, 1.807) is 13.8 Å². The van der Waals surface area contributed by atoms with Gasteiger partial charge in [0.2, 0.25) is 0 Å². The van der Waals surface area contributed by atoms with Gasteiger partial charge in [0.05, 0.1) is 0 Å². The second kappa shape index (κ2) is 5.82. The minimum atomic E-state index is -2.66. The SMILES string of the molecule is C=C.CCS(=O)(=O)CC. The van der Waals surface area contributed by atoms with Gasteiger partial charge in [0.15, 0.2) is 0 Å². The summed E-state index contributed by atoms with van der Waals surface area (Å²) in [5.41, 5.74) is 0. The fourth-order valence-corrected chi connectivity index (χ4v) is 0.612. The van der Waals surface area contributed by atoms with Crippen LogP contribution in [0.3, 0.4) is 0 Å². The summed E-state index contributed by atoms with van der Waals surface area (Å²) in [5, 5.41) is 0. The summed E-state index contributed by atoms with van der Waals surface area (Å²) in [6, 6.07) is 0. The molecule has 0 amide bonds. The molecule has 56 valence electrons. The van der Waals surface area contributed by atoms with Crippen LogP contribution in [0.5, 0.6) is 0 Å². The van der Waals surface area contributed by atoms with Gasteiger partial charge in [0.1, 0.15) is 9.84 Å². The zero-order valence-corrected chi connectivity index (χ0v) is 6.87. The minimum Gasteiger partial charge on any atom is -0.229 e. The Kier molecular flexibility index (Phi) is 7.43. The van der Waals surface area contributed by atoms with Gasteiger partial charge in [-0.25, -0.2) is 8.42 Å². The Bertz CT molecular complexity index is 125. The maximum Gasteiger partial charge on any atom is 0.149 e. The van der Waals surface area contributed by atoms with Crippen LogP contribution in [0.15, 0.2) is 13.2 Å². The molecule has 0 bridgehead atoms. The van der Waals surface area contributed by atoms with Crippen LogP contribution in [0.25, 0.3) is 0 Å². The second-order valence-corrected chi connectivity index (χ2v) is 3.96. The lowest BCUT2D eigenvalue weighted by molar-refractivity contribution is 0.598. The molecule has 0 unspecified atom stereocenters. The van der Waals surface area contributed by atoms with E-state index in [0.717, 1.165) is 0 Å². The van der Waals surface area contributed by atoms with Gasteiger partial charge >= 0.3 is 0 Å². The summed E-state index contributed by atoms with van der Waals surface area (Å²) in [6.07, 6.45) is 0. The molecular formula is C6H14O2S. The molecule has 3 heteroatoms. The number of hydrogen-bond donors (Lipinski definition) is 0. The first-order valence-electron chi connectivity index (χ1n) is 2.82. The number of rotatable bonds is 2. The van der Waals surface area contributed by atoms with E-state index in [2.05, 4.69) is 13.2 Å². The van der Waals surface area contributed by atoms with Crippen molar-refractivity contribution in [3.05, 3.63) is 13.2 Å². The smallest absolute Gasteiger partial charge is 0.149 e. The summed E-state index contributed by atoms with van der Waals surface area (Å²) in [6.45, 7) is 9.30. The zero-order chi connectivity index (χ0) is 7.91. The van der Waals surface area contributed by atoms with Crippen LogP contribution < -0.4 is 0 Å². The highest BCUT2D eigenvalue weighted by molar-refractivity contribution is 7.91. The Hall–Kier alpha value is -0.310. The predicted octanol–water partition coefficient (Wildman–Crippen LogP) is 1.24. The Morgan fingerprint density at radius 3 is 1.33 bits per heavy atom. The molecule has 0 N–H and O–H groups in total. The lowest BCUT2D eigenvalue weighted by Crippen LogP contribution is -2.04. The van der Waals surface area contributed by atoms with Gasteiger partial charge in [0, 0.05) is 11.5 Å². The van der Waals surface area contributed by atoms with Crippen LogP contribution in [0, 0.1) is 0 Å². The average molecular weight is 150 g/mol. The molecule has 9 heavy (non-hydrogen) atoms. The van der Waals surface area contributed by atoms with E-state index < -0.39 is 9.84 Å². The third kappa shape index (κ3) is 7.69. The number of hydrogen-bond acceptors (Lipinski definition) is 2. The molecule has 0 heterocycles. The fourth-order valence-electron chi connectivity index (χ4n) is 0.204. The summed E-state index contributed by atoms with van der Waals surface area (Å²) >= 11 is 0. The summed E-state index contributed by atoms with van der Waals surface area (Å²) in [7, 11) is -2.66. The molecule has 2 nitrogen and oxygen atoms in total. The van der Waals surface area contributed by atoms with Gasteiger partial charge in [-0.2, -0.15) is 0 Å². The van der Waals surface area contributed by atoms with Gasteiger partial charge in [-0.15, -0.1) is 13.2 Å². The van der Waals surface area contributed by atoms with Crippen molar-refractivity contribution in [2.75, 3.05) is 11.5 Å². The van der Waals surface area contributed by atoms with Crippen molar-refractivity contribution in [3.8, 4) is 0 Å². The van der Waals surface area contributed by atoms with Crippen LogP contribution in [0.2, 0.25) is 0 Å². The molecule has 0 aliphatic rings. The van der Waals surface area contributed by atoms with Crippen LogP contribution >= 0.6 is 0 Å². The lowest BCUT2D eigenvalue weighted by atomic mass is 11.0. The van der Waals surface area contributed by atoms with Crippen molar-refractivity contribution < 1.29 is 8.42 Å². The van der Waals surface area contributed by atoms with Crippen LogP contribution in [0.4, 0.5) is 0 Å². The van der Waals surface area contributed by atoms with E-state index in [1.807, 2.05) is 0 Å². The molecule has 0 aromatic heterocycles. The Balaban J connectivity index is 0. The first kappa shape index (κ1) is 11.5. The van der Waals surface area contributed by atoms with Gasteiger partial charge < -0.3 is 0 Å². The van der Waals surface area contributed by atoms with Gasteiger partial charge in [0.25, 0.3) is 0 Å². The highest BCUT2D eigenvalue weighted by Crippen LogP contribution is 1.84. The molecule has 0 aromatic carbocycles. The summed E-state index contributed by atoms with van der Waals surface area (Å²) in [4.78, 5) is 0. The summed E-state index contributed by atoms with van der Waals surface area (Å²) < 4.78 is 20.7. The van der Waals surface area contributed by atoms with Crippen LogP contribution in [0.1, 0.15) is 13.8 Å². The lowest BCUT2D eigenvalue weighted by Gasteiger charge is -1.89. The summed E-state index contributed by atoms with van der Waals surface area (Å²) in [5.74, 6) is 0.535. The van der Waals surface area contributed by atoms with Crippen LogP contribution in [-0.4, -0.2) is 19.9 Å². The number of sulfone groups is 1. The molecule has 0 atom stereocenters. The second-order valence-electron chi connectivity index (χ2n) is 1.32. The topological polar surface area (TPSA) is 34.1 Å². The first-order chi connectivity index (χ1) is 4.12. The first-order valence-corrected chi connectivity index (χ1v) is 4.65. The average Bonchev–Trinajstić information content (AvgIpc) is 1.93. The molecule has 0 aromatic rings. The molecule has 0 spiro atoms. The maximum absolute atomic E-state index is 10.4. The van der Waals surface area contributed by atoms with Gasteiger partial charge in [-0.3, -0.25) is 0 Å². The van der Waals surface area contributed by atoms with E-state index in [9.17, 15) is 8.42 Å². The highest BCUT2D eigenvalue weighted by atomic mass is 32.2. The van der Waals surface area contributed by atoms with Crippen molar-refractivity contribution in [2.24, 2.45) is 0 Å². The van der Waals surface area contributed by atoms with Crippen molar-refractivity contribution >= 4 is 9.84 Å². The highest BCUT2D eigenvalue weighted by Gasteiger charge is 1.99. The molecular weight excluding hydrogens is 136 g/mol. The molecule has 0 rings (SSSR count). The van der Waals surface area contributed by atoms with Crippen molar-refractivity contribution in [2.45, 2.75) is 13.8 Å². The van der Waals surface area contributed by atoms with Gasteiger partial charge in [-0.05, 0) is 0 Å². The largest absolute Gasteiger partial charge is 0.229 e. The normalized spacial score (nSPS) is 9.56. The molecule has 0 saturated carbocycles.